The van der Waals surface area contributed by atoms with E-state index in [1.54, 1.807) is 6.08 Å². The van der Waals surface area contributed by atoms with Gasteiger partial charge in [-0.25, -0.2) is 0 Å². The number of nitrogens with one attached hydrogen (secondary N) is 1. The third-order valence-corrected chi connectivity index (χ3v) is 12.8. The Balaban J connectivity index is 4.29. The highest BCUT2D eigenvalue weighted by Gasteiger charge is 2.23. The average molecular weight is 957 g/mol. The van der Waals surface area contributed by atoms with E-state index in [9.17, 15) is 19.4 Å². The van der Waals surface area contributed by atoms with Crippen LogP contribution in [0.3, 0.4) is 0 Å². The number of quaternary nitrogens is 1. The fraction of sp³-hybridized carbons (Fsp3) is 0.741. The molecule has 0 aliphatic rings. The van der Waals surface area contributed by atoms with E-state index >= 15 is 0 Å². The van der Waals surface area contributed by atoms with Gasteiger partial charge in [-0.15, -0.1) is 0 Å². The first-order valence-electron chi connectivity index (χ1n) is 27.4. The Kier molecular flexibility index (Phi) is 47.0. The van der Waals surface area contributed by atoms with Crippen LogP contribution in [-0.2, 0) is 18.4 Å². The Morgan fingerprint density at radius 1 is 0.537 bits per heavy atom. The third-order valence-electron chi connectivity index (χ3n) is 11.9. The number of carbonyl (C=O) groups excluding carboxylic acids is 1. The molecule has 0 saturated heterocycles. The average Bonchev–Trinajstić information content (AvgIpc) is 3.29. The van der Waals surface area contributed by atoms with Crippen LogP contribution in [0.25, 0.3) is 0 Å². The molecule has 0 radical (unpaired) electrons. The third kappa shape index (κ3) is 51.4. The molecule has 1 amide bonds. The second kappa shape index (κ2) is 48.7. The molecule has 3 unspecified atom stereocenters. The van der Waals surface area contributed by atoms with E-state index in [0.29, 0.717) is 17.4 Å². The van der Waals surface area contributed by atoms with E-state index in [1.165, 1.54) is 116 Å². The highest BCUT2D eigenvalue weighted by atomic mass is 31.2. The molecule has 0 saturated carbocycles. The molecule has 0 fully saturated rings. The van der Waals surface area contributed by atoms with Crippen LogP contribution in [0.1, 0.15) is 226 Å². The van der Waals surface area contributed by atoms with Crippen molar-refractivity contribution in [3.05, 3.63) is 85.1 Å². The maximum atomic E-state index is 12.9. The number of unbranched alkanes of at least 4 members (excludes halogenated alkanes) is 24. The summed E-state index contributed by atoms with van der Waals surface area (Å²) in [6.45, 7) is 4.53. The van der Waals surface area contributed by atoms with Crippen LogP contribution >= 0.6 is 7.82 Å². The van der Waals surface area contributed by atoms with Gasteiger partial charge in [0, 0.05) is 6.42 Å². The number of nitrogens with zero attached hydrogens (tertiary/aromatic N) is 1. The maximum Gasteiger partial charge on any atom is 0.268 e. The Morgan fingerprint density at radius 3 is 1.33 bits per heavy atom. The number of carbonyl (C=O) groups is 1. The minimum Gasteiger partial charge on any atom is -0.756 e. The van der Waals surface area contributed by atoms with Gasteiger partial charge in [-0.2, -0.15) is 0 Å². The lowest BCUT2D eigenvalue weighted by molar-refractivity contribution is -0.870. The van der Waals surface area contributed by atoms with Crippen molar-refractivity contribution < 1.29 is 32.9 Å². The molecule has 0 aliphatic heterocycles. The first kappa shape index (κ1) is 64.7. The molecule has 3 atom stereocenters. The van der Waals surface area contributed by atoms with Gasteiger partial charge in [-0.05, 0) is 70.6 Å². The Labute approximate surface area is 414 Å². The van der Waals surface area contributed by atoms with E-state index in [0.717, 1.165) is 89.9 Å². The lowest BCUT2D eigenvalue weighted by atomic mass is 10.0. The van der Waals surface area contributed by atoms with Crippen molar-refractivity contribution in [2.45, 2.75) is 238 Å². The number of rotatable bonds is 49. The zero-order valence-corrected chi connectivity index (χ0v) is 45.0. The van der Waals surface area contributed by atoms with Crippen LogP contribution in [0.4, 0.5) is 0 Å². The van der Waals surface area contributed by atoms with Gasteiger partial charge in [0.1, 0.15) is 13.2 Å². The number of allylic oxidation sites excluding steroid dienone is 13. The van der Waals surface area contributed by atoms with Gasteiger partial charge < -0.3 is 28.8 Å². The van der Waals surface area contributed by atoms with Crippen LogP contribution in [-0.4, -0.2) is 68.5 Å². The molecule has 0 bridgehead atoms. The molecule has 0 aromatic carbocycles. The van der Waals surface area contributed by atoms with Gasteiger partial charge in [0.15, 0.2) is 0 Å². The smallest absolute Gasteiger partial charge is 0.268 e. The SMILES string of the molecule is CC/C=C\C/C=C\C/C=C\C/C=C\C/C=C\C/C=C\CCCCCCCCCCC(=O)NC(COP(=O)([O-])OCC[N+](C)(C)C)C(O)/C=C/CCCCCCCCCCCCCCCCCC. The van der Waals surface area contributed by atoms with Crippen molar-refractivity contribution in [2.75, 3.05) is 40.9 Å². The van der Waals surface area contributed by atoms with Gasteiger partial charge in [0.2, 0.25) is 5.91 Å². The molecule has 2 N–H and O–H groups in total. The van der Waals surface area contributed by atoms with E-state index < -0.39 is 20.0 Å². The van der Waals surface area contributed by atoms with Crippen LogP contribution in [0.2, 0.25) is 0 Å². The number of hydrogen-bond acceptors (Lipinski definition) is 6. The Morgan fingerprint density at radius 2 is 0.910 bits per heavy atom. The molecular weight excluding hydrogens is 852 g/mol. The van der Waals surface area contributed by atoms with Crippen molar-refractivity contribution in [1.29, 1.82) is 0 Å². The van der Waals surface area contributed by atoms with Gasteiger partial charge in [-0.3, -0.25) is 9.36 Å². The van der Waals surface area contributed by atoms with Crippen molar-refractivity contribution in [1.82, 2.24) is 5.32 Å². The quantitative estimate of drug-likeness (QED) is 0.0272. The summed E-state index contributed by atoms with van der Waals surface area (Å²) in [5, 5.41) is 13.9. The molecule has 388 valence electrons. The lowest BCUT2D eigenvalue weighted by Gasteiger charge is -2.29. The summed E-state index contributed by atoms with van der Waals surface area (Å²) in [6.07, 6.45) is 67.8. The second-order valence-corrected chi connectivity index (χ2v) is 21.0. The number of hydrogen-bond donors (Lipinski definition) is 2. The molecule has 8 nitrogen and oxygen atoms in total. The minimum atomic E-state index is -4.60. The van der Waals surface area contributed by atoms with E-state index in [2.05, 4.69) is 92.1 Å². The first-order valence-corrected chi connectivity index (χ1v) is 28.9. The maximum absolute atomic E-state index is 12.9. The van der Waals surface area contributed by atoms with Gasteiger partial charge in [0.05, 0.1) is 39.9 Å². The molecule has 0 rings (SSSR count). The van der Waals surface area contributed by atoms with Crippen LogP contribution in [0, 0.1) is 0 Å². The number of phosphoric ester groups is 1. The normalized spacial score (nSPS) is 14.7. The zero-order valence-electron chi connectivity index (χ0n) is 44.1. The molecule has 0 aromatic rings. The minimum absolute atomic E-state index is 0.00656. The summed E-state index contributed by atoms with van der Waals surface area (Å²) in [5.74, 6) is -0.208. The van der Waals surface area contributed by atoms with E-state index in [4.69, 9.17) is 9.05 Å². The summed E-state index contributed by atoms with van der Waals surface area (Å²) in [6, 6.07) is -0.897. The summed E-state index contributed by atoms with van der Waals surface area (Å²) < 4.78 is 23.3. The number of aliphatic hydroxyl groups excluding tert-OH is 1. The lowest BCUT2D eigenvalue weighted by Crippen LogP contribution is -2.45. The van der Waals surface area contributed by atoms with Crippen molar-refractivity contribution in [3.63, 3.8) is 0 Å². The molecule has 0 heterocycles. The summed E-state index contributed by atoms with van der Waals surface area (Å²) in [5.41, 5.74) is 0. The first-order chi connectivity index (χ1) is 32.5. The fourth-order valence-electron chi connectivity index (χ4n) is 7.57. The Bertz CT molecular complexity index is 1360. The standard InChI is InChI=1S/C58H105N2O6P/c1-6-8-10-12-14-16-18-20-22-24-26-27-28-29-30-31-32-33-34-36-38-40-42-44-46-48-50-52-58(62)59-56(55-66-67(63,64)65-54-53-60(3,4)5)57(61)51-49-47-45-43-41-39-37-35-25-23-21-19-17-15-13-11-9-7-2/h8,10,14,16,20,22,26-27,29-30,32-33,49,51,56-57,61H,6-7,9,11-13,15,17-19,21,23-25,28,31,34-48,50,52-55H2,1-5H3,(H-,59,62,63,64)/b10-8-,16-14-,22-20-,27-26-,30-29-,33-32-,51-49+. The topological polar surface area (TPSA) is 108 Å². The van der Waals surface area contributed by atoms with E-state index in [1.807, 2.05) is 27.2 Å². The van der Waals surface area contributed by atoms with Crippen molar-refractivity contribution in [2.24, 2.45) is 0 Å². The number of likely N-dealkylation sites (N-methyl/N-ethyl adjacent to an activating group) is 1. The zero-order chi connectivity index (χ0) is 49.2. The number of amides is 1. The summed E-state index contributed by atoms with van der Waals surface area (Å²) in [4.78, 5) is 25.5. The second-order valence-electron chi connectivity index (χ2n) is 19.6. The molecule has 0 aliphatic carbocycles. The molecule has 67 heavy (non-hydrogen) atoms. The van der Waals surface area contributed by atoms with Gasteiger partial charge in [-0.1, -0.05) is 234 Å². The molecule has 0 spiro atoms. The van der Waals surface area contributed by atoms with Gasteiger partial charge >= 0.3 is 0 Å². The summed E-state index contributed by atoms with van der Waals surface area (Å²) >= 11 is 0. The largest absolute Gasteiger partial charge is 0.756 e. The van der Waals surface area contributed by atoms with Crippen LogP contribution in [0.5, 0.6) is 0 Å². The van der Waals surface area contributed by atoms with Crippen molar-refractivity contribution in [3.8, 4) is 0 Å². The molecular formula is C58H105N2O6P. The van der Waals surface area contributed by atoms with E-state index in [-0.39, 0.29) is 19.1 Å². The number of phosphoric acid groups is 1. The number of aliphatic hydroxyl groups is 1. The highest BCUT2D eigenvalue weighted by Crippen LogP contribution is 2.38. The molecule has 9 heteroatoms. The van der Waals surface area contributed by atoms with Crippen molar-refractivity contribution >= 4 is 13.7 Å². The fourth-order valence-corrected chi connectivity index (χ4v) is 8.29. The highest BCUT2D eigenvalue weighted by molar-refractivity contribution is 7.45. The monoisotopic (exact) mass is 957 g/mol. The Hall–Kier alpha value is -2.32. The van der Waals surface area contributed by atoms with Crippen LogP contribution < -0.4 is 10.2 Å². The predicted molar refractivity (Wildman–Crippen MR) is 288 cm³/mol. The molecule has 0 aromatic heterocycles. The van der Waals surface area contributed by atoms with Gasteiger partial charge in [0.25, 0.3) is 7.82 Å². The van der Waals surface area contributed by atoms with Crippen LogP contribution in [0.15, 0.2) is 85.1 Å². The predicted octanol–water partition coefficient (Wildman–Crippen LogP) is 15.8. The summed E-state index contributed by atoms with van der Waals surface area (Å²) in [7, 11) is 1.25.